The lowest BCUT2D eigenvalue weighted by molar-refractivity contribution is -0.137. The van der Waals surface area contributed by atoms with Crippen LogP contribution < -0.4 is 10.6 Å². The van der Waals surface area contributed by atoms with Crippen LogP contribution in [0.4, 0.5) is 4.79 Å². The number of urea groups is 1. The smallest absolute Gasteiger partial charge is 0.315 e. The lowest BCUT2D eigenvalue weighted by Crippen LogP contribution is -2.46. The van der Waals surface area contributed by atoms with Crippen LogP contribution in [0.1, 0.15) is 45.4 Å². The summed E-state index contributed by atoms with van der Waals surface area (Å²) in [5.74, 6) is -0.473. The van der Waals surface area contributed by atoms with E-state index in [0.29, 0.717) is 18.9 Å². The van der Waals surface area contributed by atoms with Gasteiger partial charge in [-0.1, -0.05) is 6.92 Å². The molecule has 3 atom stereocenters. The van der Waals surface area contributed by atoms with Gasteiger partial charge < -0.3 is 20.5 Å². The maximum Gasteiger partial charge on any atom is 0.315 e. The van der Waals surface area contributed by atoms with Crippen LogP contribution in [-0.4, -0.2) is 42.9 Å². The van der Waals surface area contributed by atoms with Gasteiger partial charge in [0.2, 0.25) is 0 Å². The summed E-state index contributed by atoms with van der Waals surface area (Å²) in [4.78, 5) is 22.2. The normalized spacial score (nSPS) is 23.3. The lowest BCUT2D eigenvalue weighted by atomic mass is 10.0. The highest BCUT2D eigenvalue weighted by Crippen LogP contribution is 2.21. The van der Waals surface area contributed by atoms with Crippen molar-refractivity contribution in [3.8, 4) is 0 Å². The Hall–Kier alpha value is -1.30. The monoisotopic (exact) mass is 286 g/mol. The zero-order chi connectivity index (χ0) is 15.0. The Kier molecular flexibility index (Phi) is 7.36. The third kappa shape index (κ3) is 6.23. The number of hydrogen-bond donors (Lipinski definition) is 3. The van der Waals surface area contributed by atoms with Crippen LogP contribution in [0.3, 0.4) is 0 Å². The van der Waals surface area contributed by atoms with Crippen LogP contribution in [0.5, 0.6) is 0 Å². The van der Waals surface area contributed by atoms with E-state index in [4.69, 9.17) is 9.84 Å². The number of amides is 2. The first kappa shape index (κ1) is 16.8. The Morgan fingerprint density at radius 2 is 2.10 bits per heavy atom. The van der Waals surface area contributed by atoms with Crippen LogP contribution in [0.15, 0.2) is 0 Å². The van der Waals surface area contributed by atoms with Crippen molar-refractivity contribution in [3.63, 3.8) is 0 Å². The Morgan fingerprint density at radius 3 is 2.75 bits per heavy atom. The van der Waals surface area contributed by atoms with Crippen LogP contribution in [0.25, 0.3) is 0 Å². The molecule has 6 nitrogen and oxygen atoms in total. The van der Waals surface area contributed by atoms with Gasteiger partial charge in [-0.15, -0.1) is 0 Å². The Morgan fingerprint density at radius 1 is 1.35 bits per heavy atom. The van der Waals surface area contributed by atoms with E-state index in [0.717, 1.165) is 25.7 Å². The number of carbonyl (C=O) groups is 2. The number of ether oxygens (including phenoxy) is 1. The van der Waals surface area contributed by atoms with E-state index in [1.807, 2.05) is 6.92 Å². The highest BCUT2D eigenvalue weighted by atomic mass is 16.5. The zero-order valence-electron chi connectivity index (χ0n) is 12.4. The third-order valence-corrected chi connectivity index (χ3v) is 3.85. The summed E-state index contributed by atoms with van der Waals surface area (Å²) in [5.41, 5.74) is 0. The average molecular weight is 286 g/mol. The molecule has 0 spiro atoms. The zero-order valence-corrected chi connectivity index (χ0v) is 12.4. The molecule has 0 saturated heterocycles. The van der Waals surface area contributed by atoms with Gasteiger partial charge in [0.1, 0.15) is 0 Å². The fourth-order valence-corrected chi connectivity index (χ4v) is 2.54. The van der Waals surface area contributed by atoms with Gasteiger partial charge in [-0.05, 0) is 38.0 Å². The van der Waals surface area contributed by atoms with Crippen molar-refractivity contribution in [2.75, 3.05) is 13.7 Å². The van der Waals surface area contributed by atoms with Crippen molar-refractivity contribution in [2.45, 2.75) is 57.6 Å². The van der Waals surface area contributed by atoms with Crippen LogP contribution >= 0.6 is 0 Å². The van der Waals surface area contributed by atoms with E-state index in [2.05, 4.69) is 10.6 Å². The summed E-state index contributed by atoms with van der Waals surface area (Å²) in [6.07, 6.45) is 4.77. The maximum absolute atomic E-state index is 11.7. The molecule has 20 heavy (non-hydrogen) atoms. The molecule has 1 fully saturated rings. The van der Waals surface area contributed by atoms with Crippen molar-refractivity contribution >= 4 is 12.0 Å². The molecule has 0 aromatic heterocycles. The molecule has 6 heteroatoms. The van der Waals surface area contributed by atoms with E-state index in [1.165, 1.54) is 0 Å². The first-order valence-corrected chi connectivity index (χ1v) is 7.32. The molecular formula is C14H26N2O4. The number of hydrogen-bond acceptors (Lipinski definition) is 3. The first-order chi connectivity index (χ1) is 9.52. The quantitative estimate of drug-likeness (QED) is 0.634. The topological polar surface area (TPSA) is 87.7 Å². The Balaban J connectivity index is 2.12. The highest BCUT2D eigenvalue weighted by molar-refractivity contribution is 5.74. The second-order valence-corrected chi connectivity index (χ2v) is 5.54. The van der Waals surface area contributed by atoms with E-state index in [1.54, 1.807) is 7.11 Å². The minimum Gasteiger partial charge on any atom is -0.481 e. The minimum atomic E-state index is -0.769. The van der Waals surface area contributed by atoms with Crippen LogP contribution in [0.2, 0.25) is 0 Å². The van der Waals surface area contributed by atoms with Gasteiger partial charge >= 0.3 is 12.0 Å². The average Bonchev–Trinajstić information content (AvgIpc) is 2.83. The van der Waals surface area contributed by atoms with Gasteiger partial charge in [-0.2, -0.15) is 0 Å². The first-order valence-electron chi connectivity index (χ1n) is 7.32. The number of rotatable bonds is 8. The molecule has 3 N–H and O–H groups in total. The number of carboxylic acid groups (broad SMARTS) is 1. The maximum atomic E-state index is 11.7. The molecule has 1 rings (SSSR count). The predicted octanol–water partition coefficient (Wildman–Crippen LogP) is 1.74. The van der Waals surface area contributed by atoms with Gasteiger partial charge in [0.05, 0.1) is 12.1 Å². The van der Waals surface area contributed by atoms with E-state index < -0.39 is 5.97 Å². The number of nitrogens with one attached hydrogen (secondary N) is 2. The largest absolute Gasteiger partial charge is 0.481 e. The van der Waals surface area contributed by atoms with Gasteiger partial charge in [0, 0.05) is 20.1 Å². The fraction of sp³-hybridized carbons (Fsp3) is 0.857. The second kappa shape index (κ2) is 8.79. The molecule has 2 amide bonds. The summed E-state index contributed by atoms with van der Waals surface area (Å²) in [6, 6.07) is -0.0613. The van der Waals surface area contributed by atoms with Crippen molar-refractivity contribution in [1.82, 2.24) is 10.6 Å². The molecule has 1 aliphatic rings. The summed E-state index contributed by atoms with van der Waals surface area (Å²) in [6.45, 7) is 2.57. The number of methoxy groups -OCH3 is 1. The number of carbonyl (C=O) groups excluding carboxylic acids is 1. The third-order valence-electron chi connectivity index (χ3n) is 3.85. The molecule has 0 aromatic rings. The predicted molar refractivity (Wildman–Crippen MR) is 75.6 cm³/mol. The lowest BCUT2D eigenvalue weighted by Gasteiger charge is -2.20. The fourth-order valence-electron chi connectivity index (χ4n) is 2.54. The molecule has 0 bridgehead atoms. The van der Waals surface area contributed by atoms with Gasteiger partial charge in [-0.3, -0.25) is 4.79 Å². The van der Waals surface area contributed by atoms with Gasteiger partial charge in [-0.25, -0.2) is 4.79 Å². The molecule has 1 aliphatic carbocycles. The number of aliphatic carboxylic acids is 1. The standard InChI is InChI=1S/C14H26N2O4/c1-10(6-7-13(17)18)8-9-15-14(19)16-11-4-3-5-12(11)20-2/h10-12H,3-9H2,1-2H3,(H,17,18)(H2,15,16,19). The molecule has 1 saturated carbocycles. The molecular weight excluding hydrogens is 260 g/mol. The van der Waals surface area contributed by atoms with E-state index in [9.17, 15) is 9.59 Å². The molecule has 0 radical (unpaired) electrons. The van der Waals surface area contributed by atoms with E-state index >= 15 is 0 Å². The van der Waals surface area contributed by atoms with Crippen molar-refractivity contribution in [3.05, 3.63) is 0 Å². The molecule has 3 unspecified atom stereocenters. The molecule has 0 aromatic carbocycles. The van der Waals surface area contributed by atoms with E-state index in [-0.39, 0.29) is 24.6 Å². The minimum absolute atomic E-state index is 0.101. The Labute approximate surface area is 120 Å². The number of carboxylic acids is 1. The van der Waals surface area contributed by atoms with Crippen LogP contribution in [-0.2, 0) is 9.53 Å². The summed E-state index contributed by atoms with van der Waals surface area (Å²) in [5, 5.41) is 14.3. The molecule has 0 heterocycles. The van der Waals surface area contributed by atoms with Crippen molar-refractivity contribution in [1.29, 1.82) is 0 Å². The van der Waals surface area contributed by atoms with Crippen molar-refractivity contribution < 1.29 is 19.4 Å². The van der Waals surface area contributed by atoms with Gasteiger partial charge in [0.25, 0.3) is 0 Å². The highest BCUT2D eigenvalue weighted by Gasteiger charge is 2.28. The Bertz CT molecular complexity index is 322. The SMILES string of the molecule is COC1CCCC1NC(=O)NCCC(C)CCC(=O)O. The molecule has 0 aliphatic heterocycles. The van der Waals surface area contributed by atoms with Crippen LogP contribution in [0, 0.1) is 5.92 Å². The van der Waals surface area contributed by atoms with Crippen molar-refractivity contribution in [2.24, 2.45) is 5.92 Å². The summed E-state index contributed by atoms with van der Waals surface area (Å²) < 4.78 is 5.32. The summed E-state index contributed by atoms with van der Waals surface area (Å²) >= 11 is 0. The summed E-state index contributed by atoms with van der Waals surface area (Å²) in [7, 11) is 1.67. The molecule has 116 valence electrons. The second-order valence-electron chi connectivity index (χ2n) is 5.54. The van der Waals surface area contributed by atoms with Gasteiger partial charge in [0.15, 0.2) is 0 Å².